The van der Waals surface area contributed by atoms with Gasteiger partial charge in [-0.25, -0.2) is 0 Å². The SMILES string of the molecule is CCCCCCCCCCC(CCCCCCCC)CC1=C(CC(CCCCCCCC)CCCCCCCCCC)C(CCOC(C)O)(CC(CCCCCCCC)CCCCCCCCCC)C=C1. The van der Waals surface area contributed by atoms with E-state index < -0.39 is 6.29 Å². The van der Waals surface area contributed by atoms with Crippen LogP contribution in [0, 0.1) is 23.2 Å². The van der Waals surface area contributed by atoms with E-state index in [2.05, 4.69) is 53.7 Å². The van der Waals surface area contributed by atoms with E-state index in [9.17, 15) is 5.11 Å². The Morgan fingerprint density at radius 3 is 0.930 bits per heavy atom. The van der Waals surface area contributed by atoms with E-state index >= 15 is 0 Å². The third kappa shape index (κ3) is 39.4. The second-order valence-corrected chi connectivity index (χ2v) is 24.4. The largest absolute Gasteiger partial charge is 0.368 e. The fourth-order valence-corrected chi connectivity index (χ4v) is 12.7. The first-order chi connectivity index (χ1) is 34.9. The summed E-state index contributed by atoms with van der Waals surface area (Å²) in [6.07, 6.45) is 77.5. The summed E-state index contributed by atoms with van der Waals surface area (Å²) in [5.74, 6) is 2.37. The molecule has 0 heterocycles. The molecule has 0 aromatic carbocycles. The minimum atomic E-state index is -0.698. The molecule has 0 saturated heterocycles. The summed E-state index contributed by atoms with van der Waals surface area (Å²) in [6.45, 7) is 16.6. The van der Waals surface area contributed by atoms with Crippen LogP contribution in [0.2, 0.25) is 0 Å². The van der Waals surface area contributed by atoms with Crippen LogP contribution in [0.5, 0.6) is 0 Å². The van der Waals surface area contributed by atoms with Crippen molar-refractivity contribution in [3.63, 3.8) is 0 Å². The second kappa shape index (κ2) is 51.5. The van der Waals surface area contributed by atoms with E-state index in [-0.39, 0.29) is 5.41 Å². The standard InChI is InChI=1S/C69H134O2/c1-8-14-20-26-32-35-41-45-51-64(50-44-38-29-23-17-11-4)60-67-56-57-69(58-59-71-63(7)70,62-66(54-48-40-31-25-19-13-6)55-49-43-37-34-28-22-16-10-3)68(67)61-65(52-46-39-30-24-18-12-5)53-47-42-36-33-27-21-15-9-2/h56-57,63-66,70H,8-55,58-62H2,1-7H3. The number of aliphatic hydroxyl groups is 1. The molecule has 5 unspecified atom stereocenters. The van der Waals surface area contributed by atoms with E-state index in [1.807, 2.05) is 12.5 Å². The Bertz CT molecular complexity index is 1140. The predicted octanol–water partition coefficient (Wildman–Crippen LogP) is 24.4. The van der Waals surface area contributed by atoms with Gasteiger partial charge in [-0.05, 0) is 55.9 Å². The highest BCUT2D eigenvalue weighted by molar-refractivity contribution is 5.42. The zero-order valence-corrected chi connectivity index (χ0v) is 50.3. The van der Waals surface area contributed by atoms with Gasteiger partial charge >= 0.3 is 0 Å². The summed E-state index contributed by atoms with van der Waals surface area (Å²) < 4.78 is 6.21. The lowest BCUT2D eigenvalue weighted by molar-refractivity contribution is -0.0903. The van der Waals surface area contributed by atoms with Gasteiger partial charge in [0.2, 0.25) is 0 Å². The normalized spacial score (nSPS) is 16.7. The number of allylic oxidation sites excluding steroid dienone is 4. The van der Waals surface area contributed by atoms with Gasteiger partial charge in [0, 0.05) is 5.41 Å². The minimum absolute atomic E-state index is 0.0685. The highest BCUT2D eigenvalue weighted by Crippen LogP contribution is 2.52. The molecule has 1 rings (SSSR count). The van der Waals surface area contributed by atoms with Gasteiger partial charge in [0.25, 0.3) is 0 Å². The molecule has 0 aromatic heterocycles. The summed E-state index contributed by atoms with van der Waals surface area (Å²) in [7, 11) is 0. The molecule has 0 spiro atoms. The van der Waals surface area contributed by atoms with Crippen LogP contribution in [0.25, 0.3) is 0 Å². The van der Waals surface area contributed by atoms with Gasteiger partial charge in [-0.3, -0.25) is 0 Å². The Kier molecular flexibility index (Phi) is 49.6. The molecule has 5 atom stereocenters. The number of ether oxygens (including phenoxy) is 1. The van der Waals surface area contributed by atoms with Crippen molar-refractivity contribution in [3.05, 3.63) is 23.3 Å². The first-order valence-electron chi connectivity index (χ1n) is 33.6. The first kappa shape index (κ1) is 68.4. The molecular weight excluding hydrogens is 861 g/mol. The number of hydrogen-bond donors (Lipinski definition) is 1. The molecule has 1 N–H and O–H groups in total. The third-order valence-corrected chi connectivity index (χ3v) is 17.4. The molecule has 0 amide bonds. The maximum atomic E-state index is 10.6. The van der Waals surface area contributed by atoms with Crippen molar-refractivity contribution in [1.82, 2.24) is 0 Å². The van der Waals surface area contributed by atoms with E-state index in [0.29, 0.717) is 6.61 Å². The van der Waals surface area contributed by atoms with Crippen LogP contribution in [0.1, 0.15) is 382 Å². The monoisotopic (exact) mass is 995 g/mol. The van der Waals surface area contributed by atoms with Crippen molar-refractivity contribution in [2.75, 3.05) is 6.61 Å². The van der Waals surface area contributed by atoms with Crippen LogP contribution < -0.4 is 0 Å². The maximum Gasteiger partial charge on any atom is 0.151 e. The van der Waals surface area contributed by atoms with Crippen LogP contribution in [0.4, 0.5) is 0 Å². The lowest BCUT2D eigenvalue weighted by Crippen LogP contribution is -2.28. The van der Waals surface area contributed by atoms with Gasteiger partial charge in [0.15, 0.2) is 6.29 Å². The zero-order valence-electron chi connectivity index (χ0n) is 50.3. The molecule has 0 fully saturated rings. The predicted molar refractivity (Wildman–Crippen MR) is 321 cm³/mol. The molecule has 1 aliphatic rings. The topological polar surface area (TPSA) is 29.5 Å². The number of unbranched alkanes of at least 4 members (excludes halogenated alkanes) is 36. The van der Waals surface area contributed by atoms with Crippen molar-refractivity contribution in [2.24, 2.45) is 23.2 Å². The van der Waals surface area contributed by atoms with E-state index in [4.69, 9.17) is 4.74 Å². The molecule has 71 heavy (non-hydrogen) atoms. The van der Waals surface area contributed by atoms with Crippen LogP contribution in [-0.4, -0.2) is 18.0 Å². The molecule has 0 aromatic rings. The fraction of sp³-hybridized carbons (Fsp3) is 0.942. The van der Waals surface area contributed by atoms with Gasteiger partial charge < -0.3 is 9.84 Å². The third-order valence-electron chi connectivity index (χ3n) is 17.4. The summed E-state index contributed by atoms with van der Waals surface area (Å²) in [5.41, 5.74) is 3.71. The lowest BCUT2D eigenvalue weighted by atomic mass is 9.67. The van der Waals surface area contributed by atoms with Crippen molar-refractivity contribution in [1.29, 1.82) is 0 Å². The Morgan fingerprint density at radius 2 is 0.634 bits per heavy atom. The first-order valence-corrected chi connectivity index (χ1v) is 33.6. The minimum Gasteiger partial charge on any atom is -0.368 e. The van der Waals surface area contributed by atoms with Crippen LogP contribution in [0.15, 0.2) is 23.3 Å². The Labute approximate surface area is 449 Å². The Morgan fingerprint density at radius 1 is 0.366 bits per heavy atom. The quantitative estimate of drug-likeness (QED) is 0.0486. The van der Waals surface area contributed by atoms with Crippen LogP contribution >= 0.6 is 0 Å². The molecule has 0 bridgehead atoms. The van der Waals surface area contributed by atoms with Crippen LogP contribution in [0.3, 0.4) is 0 Å². The number of hydrogen-bond acceptors (Lipinski definition) is 2. The average molecular weight is 996 g/mol. The molecule has 1 aliphatic carbocycles. The van der Waals surface area contributed by atoms with Gasteiger partial charge in [-0.15, -0.1) is 0 Å². The average Bonchev–Trinajstić information content (AvgIpc) is 3.68. The van der Waals surface area contributed by atoms with E-state index in [1.54, 1.807) is 5.57 Å². The smallest absolute Gasteiger partial charge is 0.151 e. The molecule has 0 radical (unpaired) electrons. The molecule has 0 aliphatic heterocycles. The van der Waals surface area contributed by atoms with E-state index in [1.165, 1.54) is 327 Å². The van der Waals surface area contributed by atoms with Gasteiger partial charge in [0.1, 0.15) is 0 Å². The molecule has 0 saturated carbocycles. The summed E-state index contributed by atoms with van der Waals surface area (Å²) in [6, 6.07) is 0. The Hall–Kier alpha value is -0.600. The van der Waals surface area contributed by atoms with E-state index in [0.717, 1.165) is 24.2 Å². The van der Waals surface area contributed by atoms with Crippen molar-refractivity contribution < 1.29 is 9.84 Å². The summed E-state index contributed by atoms with van der Waals surface area (Å²) in [5, 5.41) is 10.6. The molecule has 2 heteroatoms. The zero-order chi connectivity index (χ0) is 51.6. The van der Waals surface area contributed by atoms with Gasteiger partial charge in [0.05, 0.1) is 6.61 Å². The van der Waals surface area contributed by atoms with Crippen LogP contribution in [-0.2, 0) is 4.74 Å². The number of rotatable bonds is 58. The van der Waals surface area contributed by atoms with Crippen molar-refractivity contribution in [2.45, 2.75) is 389 Å². The van der Waals surface area contributed by atoms with Gasteiger partial charge in [-0.1, -0.05) is 367 Å². The molecular formula is C69H134O2. The fourth-order valence-electron chi connectivity index (χ4n) is 12.7. The van der Waals surface area contributed by atoms with Crippen molar-refractivity contribution >= 4 is 0 Å². The molecule has 2 nitrogen and oxygen atoms in total. The molecule has 422 valence electrons. The Balaban J connectivity index is 3.69. The summed E-state index contributed by atoms with van der Waals surface area (Å²) >= 11 is 0. The summed E-state index contributed by atoms with van der Waals surface area (Å²) in [4.78, 5) is 0. The highest BCUT2D eigenvalue weighted by atomic mass is 16.6. The van der Waals surface area contributed by atoms with Crippen molar-refractivity contribution in [3.8, 4) is 0 Å². The maximum absolute atomic E-state index is 10.6. The number of aliphatic hydroxyl groups excluding tert-OH is 1. The lowest BCUT2D eigenvalue weighted by Gasteiger charge is -2.38. The highest BCUT2D eigenvalue weighted by Gasteiger charge is 2.40. The second-order valence-electron chi connectivity index (χ2n) is 24.4. The van der Waals surface area contributed by atoms with Gasteiger partial charge in [-0.2, -0.15) is 0 Å².